The van der Waals surface area contributed by atoms with Crippen LogP contribution in [-0.4, -0.2) is 15.6 Å². The second-order valence-corrected chi connectivity index (χ2v) is 4.23. The van der Waals surface area contributed by atoms with Crippen LogP contribution in [0.25, 0.3) is 0 Å². The van der Waals surface area contributed by atoms with Gasteiger partial charge in [-0.1, -0.05) is 6.92 Å². The Hall–Kier alpha value is -0.830. The van der Waals surface area contributed by atoms with Crippen LogP contribution in [0.1, 0.15) is 37.0 Å². The smallest absolute Gasteiger partial charge is 0.108 e. The van der Waals surface area contributed by atoms with E-state index in [9.17, 15) is 0 Å². The van der Waals surface area contributed by atoms with Crippen molar-refractivity contribution in [2.75, 3.05) is 0 Å². The zero-order chi connectivity index (χ0) is 10.1. The van der Waals surface area contributed by atoms with Gasteiger partial charge in [0.05, 0.1) is 5.69 Å². The number of aryl methyl sites for hydroxylation is 1. The minimum absolute atomic E-state index is 0.326. The number of aromatic nitrogens is 2. The lowest BCUT2D eigenvalue weighted by atomic mass is 9.97. The Labute approximate surface area is 85.3 Å². The van der Waals surface area contributed by atoms with Gasteiger partial charge in [-0.25, -0.2) is 4.98 Å². The molecule has 14 heavy (non-hydrogen) atoms. The molecule has 0 spiro atoms. The topological polar surface area (TPSA) is 43.8 Å². The summed E-state index contributed by atoms with van der Waals surface area (Å²) >= 11 is 0. The van der Waals surface area contributed by atoms with Crippen LogP contribution in [0.4, 0.5) is 0 Å². The fraction of sp³-hybridized carbons (Fsp3) is 0.727. The maximum Gasteiger partial charge on any atom is 0.108 e. The van der Waals surface area contributed by atoms with Crippen molar-refractivity contribution in [3.05, 3.63) is 17.2 Å². The van der Waals surface area contributed by atoms with Gasteiger partial charge < -0.3 is 10.3 Å². The quantitative estimate of drug-likeness (QED) is 0.766. The van der Waals surface area contributed by atoms with E-state index in [0.717, 1.165) is 32.1 Å². The van der Waals surface area contributed by atoms with Gasteiger partial charge in [-0.05, 0) is 19.3 Å². The molecule has 2 rings (SSSR count). The highest BCUT2D eigenvalue weighted by atomic mass is 15.1. The average Bonchev–Trinajstić information content (AvgIpc) is 2.44. The maximum absolute atomic E-state index is 5.93. The number of hydrogen-bond donors (Lipinski definition) is 1. The Morgan fingerprint density at radius 2 is 2.36 bits per heavy atom. The van der Waals surface area contributed by atoms with Crippen molar-refractivity contribution in [2.45, 2.75) is 45.1 Å². The molecular formula is C11H19N3. The molecule has 0 saturated carbocycles. The Balaban J connectivity index is 2.31. The summed E-state index contributed by atoms with van der Waals surface area (Å²) in [6.07, 6.45) is 5.42. The van der Waals surface area contributed by atoms with Gasteiger partial charge in [-0.15, -0.1) is 0 Å². The van der Waals surface area contributed by atoms with E-state index in [4.69, 9.17) is 5.73 Å². The molecule has 1 aromatic rings. The minimum atomic E-state index is 0.326. The molecule has 1 unspecified atom stereocenters. The molecule has 1 atom stereocenters. The van der Waals surface area contributed by atoms with E-state index in [0.29, 0.717) is 6.04 Å². The molecule has 0 bridgehead atoms. The zero-order valence-electron chi connectivity index (χ0n) is 9.08. The summed E-state index contributed by atoms with van der Waals surface area (Å²) in [5, 5.41) is 0. The van der Waals surface area contributed by atoms with Crippen LogP contribution in [0.5, 0.6) is 0 Å². The molecule has 1 aromatic heterocycles. The Kier molecular flexibility index (Phi) is 2.59. The third-order valence-electron chi connectivity index (χ3n) is 3.07. The number of fused-ring (bicyclic) bond motifs is 1. The van der Waals surface area contributed by atoms with Gasteiger partial charge in [0.1, 0.15) is 5.82 Å². The third-order valence-corrected chi connectivity index (χ3v) is 3.07. The van der Waals surface area contributed by atoms with Crippen LogP contribution < -0.4 is 5.73 Å². The molecule has 0 fully saturated rings. The van der Waals surface area contributed by atoms with Crippen molar-refractivity contribution < 1.29 is 0 Å². The highest BCUT2D eigenvalue weighted by molar-refractivity contribution is 5.21. The standard InChI is InChI=1S/C11H19N3/c1-3-4-11-13-9-7-8(12)5-6-10(9)14(11)2/h8H,3-7,12H2,1-2H3. The van der Waals surface area contributed by atoms with Crippen LogP contribution in [0.15, 0.2) is 0 Å². The van der Waals surface area contributed by atoms with E-state index in [1.165, 1.54) is 17.2 Å². The van der Waals surface area contributed by atoms with E-state index >= 15 is 0 Å². The highest BCUT2D eigenvalue weighted by Crippen LogP contribution is 2.21. The fourth-order valence-electron chi connectivity index (χ4n) is 2.24. The molecule has 2 N–H and O–H groups in total. The second-order valence-electron chi connectivity index (χ2n) is 4.23. The lowest BCUT2D eigenvalue weighted by Crippen LogP contribution is -2.28. The third kappa shape index (κ3) is 1.57. The number of hydrogen-bond acceptors (Lipinski definition) is 2. The molecule has 0 radical (unpaired) electrons. The molecule has 1 aliphatic carbocycles. The first-order chi connectivity index (χ1) is 6.72. The van der Waals surface area contributed by atoms with Gasteiger partial charge in [-0.2, -0.15) is 0 Å². The number of nitrogens with two attached hydrogens (primary N) is 1. The van der Waals surface area contributed by atoms with E-state index in [-0.39, 0.29) is 0 Å². The summed E-state index contributed by atoms with van der Waals surface area (Å²) in [4.78, 5) is 4.67. The summed E-state index contributed by atoms with van der Waals surface area (Å²) in [6, 6.07) is 0.326. The average molecular weight is 193 g/mol. The van der Waals surface area contributed by atoms with Crippen LogP contribution in [0.2, 0.25) is 0 Å². The summed E-state index contributed by atoms with van der Waals surface area (Å²) in [5.74, 6) is 1.23. The molecular weight excluding hydrogens is 174 g/mol. The largest absolute Gasteiger partial charge is 0.335 e. The molecule has 1 heterocycles. The van der Waals surface area contributed by atoms with Gasteiger partial charge in [0.25, 0.3) is 0 Å². The van der Waals surface area contributed by atoms with Crippen molar-refractivity contribution in [1.82, 2.24) is 9.55 Å². The van der Waals surface area contributed by atoms with Crippen molar-refractivity contribution >= 4 is 0 Å². The monoisotopic (exact) mass is 193 g/mol. The number of imidazole rings is 1. The molecule has 1 aliphatic rings. The Morgan fingerprint density at radius 1 is 1.57 bits per heavy atom. The predicted octanol–water partition coefficient (Wildman–Crippen LogP) is 1.19. The van der Waals surface area contributed by atoms with Crippen molar-refractivity contribution in [3.63, 3.8) is 0 Å². The van der Waals surface area contributed by atoms with E-state index in [1.54, 1.807) is 0 Å². The SMILES string of the molecule is CCCc1nc2c(n1C)CCC(N)C2. The van der Waals surface area contributed by atoms with E-state index in [2.05, 4.69) is 23.5 Å². The van der Waals surface area contributed by atoms with E-state index in [1.807, 2.05) is 0 Å². The summed E-state index contributed by atoms with van der Waals surface area (Å²) in [7, 11) is 2.13. The Bertz CT molecular complexity index is 328. The predicted molar refractivity (Wildman–Crippen MR) is 57.2 cm³/mol. The van der Waals surface area contributed by atoms with Gasteiger partial charge in [0.2, 0.25) is 0 Å². The maximum atomic E-state index is 5.93. The number of nitrogens with zero attached hydrogens (tertiary/aromatic N) is 2. The lowest BCUT2D eigenvalue weighted by molar-refractivity contribution is 0.553. The Morgan fingerprint density at radius 3 is 3.07 bits per heavy atom. The van der Waals surface area contributed by atoms with E-state index < -0.39 is 0 Å². The van der Waals surface area contributed by atoms with Crippen LogP contribution >= 0.6 is 0 Å². The molecule has 0 aliphatic heterocycles. The van der Waals surface area contributed by atoms with Gasteiger partial charge >= 0.3 is 0 Å². The first kappa shape index (κ1) is 9.71. The van der Waals surface area contributed by atoms with Crippen LogP contribution in [-0.2, 0) is 26.3 Å². The lowest BCUT2D eigenvalue weighted by Gasteiger charge is -2.17. The first-order valence-electron chi connectivity index (χ1n) is 5.51. The van der Waals surface area contributed by atoms with Gasteiger partial charge in [-0.3, -0.25) is 0 Å². The first-order valence-corrected chi connectivity index (χ1v) is 5.51. The molecule has 78 valence electrons. The number of rotatable bonds is 2. The van der Waals surface area contributed by atoms with Crippen molar-refractivity contribution in [3.8, 4) is 0 Å². The van der Waals surface area contributed by atoms with Gasteiger partial charge in [0.15, 0.2) is 0 Å². The van der Waals surface area contributed by atoms with Crippen LogP contribution in [0, 0.1) is 0 Å². The minimum Gasteiger partial charge on any atom is -0.335 e. The fourth-order valence-corrected chi connectivity index (χ4v) is 2.24. The highest BCUT2D eigenvalue weighted by Gasteiger charge is 2.21. The summed E-state index contributed by atoms with van der Waals surface area (Å²) < 4.78 is 2.27. The van der Waals surface area contributed by atoms with Gasteiger partial charge in [0, 0.05) is 31.6 Å². The molecule has 3 heteroatoms. The summed E-state index contributed by atoms with van der Waals surface area (Å²) in [5.41, 5.74) is 8.59. The molecule has 0 aromatic carbocycles. The molecule has 3 nitrogen and oxygen atoms in total. The molecule has 0 saturated heterocycles. The van der Waals surface area contributed by atoms with Crippen molar-refractivity contribution in [2.24, 2.45) is 12.8 Å². The van der Waals surface area contributed by atoms with Crippen LogP contribution in [0.3, 0.4) is 0 Å². The normalized spacial score (nSPS) is 20.9. The van der Waals surface area contributed by atoms with Crippen molar-refractivity contribution in [1.29, 1.82) is 0 Å². The molecule has 0 amide bonds. The second kappa shape index (κ2) is 3.73. The zero-order valence-corrected chi connectivity index (χ0v) is 9.08. The summed E-state index contributed by atoms with van der Waals surface area (Å²) in [6.45, 7) is 2.19.